The molecule has 1 aromatic heterocycles. The van der Waals surface area contributed by atoms with Gasteiger partial charge in [0.2, 0.25) is 11.7 Å². The summed E-state index contributed by atoms with van der Waals surface area (Å²) in [5, 5.41) is 23.4. The number of methoxy groups -OCH3 is 1. The van der Waals surface area contributed by atoms with Gasteiger partial charge < -0.3 is 9.15 Å². The van der Waals surface area contributed by atoms with Crippen LogP contribution in [-0.2, 0) is 6.42 Å². The Morgan fingerprint density at radius 2 is 1.77 bits per heavy atom. The number of thioether (sulfide) groups is 1. The van der Waals surface area contributed by atoms with E-state index in [1.54, 1.807) is 37.4 Å². The second kappa shape index (κ2) is 11.1. The fourth-order valence-electron chi connectivity index (χ4n) is 2.96. The summed E-state index contributed by atoms with van der Waals surface area (Å²) in [5.74, 6) is 0.781. The van der Waals surface area contributed by atoms with Crippen LogP contribution in [0.15, 0.2) is 93.6 Å². The SMILES string of the molecule is COc1ccc(Cc2nnc(S/C(=N/Nc3ccc([N+](=O)[O-])cc3)C(=O)c3ccccc3)o2)cc1. The Morgan fingerprint density at radius 3 is 2.43 bits per heavy atom. The summed E-state index contributed by atoms with van der Waals surface area (Å²) in [6, 6.07) is 21.8. The highest BCUT2D eigenvalue weighted by atomic mass is 32.2. The van der Waals surface area contributed by atoms with E-state index in [-0.39, 0.29) is 21.7 Å². The van der Waals surface area contributed by atoms with E-state index in [0.29, 0.717) is 23.6 Å². The molecule has 0 unspecified atom stereocenters. The highest BCUT2D eigenvalue weighted by Crippen LogP contribution is 2.23. The van der Waals surface area contributed by atoms with Crippen molar-refractivity contribution in [1.29, 1.82) is 0 Å². The lowest BCUT2D eigenvalue weighted by Gasteiger charge is -2.05. The number of nitrogens with one attached hydrogen (secondary N) is 1. The summed E-state index contributed by atoms with van der Waals surface area (Å²) in [6.45, 7) is 0. The number of ketones is 1. The summed E-state index contributed by atoms with van der Waals surface area (Å²) >= 11 is 0.926. The average Bonchev–Trinajstić information content (AvgIpc) is 3.34. The first kappa shape index (κ1) is 23.6. The van der Waals surface area contributed by atoms with Crippen LogP contribution in [0.2, 0.25) is 0 Å². The maximum absolute atomic E-state index is 13.1. The molecule has 0 amide bonds. The highest BCUT2D eigenvalue weighted by molar-refractivity contribution is 8.15. The van der Waals surface area contributed by atoms with Crippen molar-refractivity contribution in [2.45, 2.75) is 11.6 Å². The molecule has 0 saturated carbocycles. The molecule has 0 aliphatic carbocycles. The second-order valence-corrected chi connectivity index (χ2v) is 8.06. The van der Waals surface area contributed by atoms with E-state index >= 15 is 0 Å². The Balaban J connectivity index is 1.52. The molecule has 0 atom stereocenters. The van der Waals surface area contributed by atoms with Crippen LogP contribution in [-0.4, -0.2) is 33.1 Å². The molecule has 0 bridgehead atoms. The van der Waals surface area contributed by atoms with Crippen molar-refractivity contribution in [3.05, 3.63) is 106 Å². The lowest BCUT2D eigenvalue weighted by molar-refractivity contribution is -0.384. The average molecular weight is 490 g/mol. The molecular formula is C24H19N5O5S. The zero-order chi connectivity index (χ0) is 24.6. The molecule has 0 spiro atoms. The number of ether oxygens (including phenoxy) is 1. The number of nitro benzene ring substituents is 1. The molecular weight excluding hydrogens is 470 g/mol. The largest absolute Gasteiger partial charge is 0.497 e. The van der Waals surface area contributed by atoms with Crippen molar-refractivity contribution < 1.29 is 18.9 Å². The minimum absolute atomic E-state index is 0.0512. The monoisotopic (exact) mass is 489 g/mol. The Hall–Kier alpha value is -4.51. The first-order chi connectivity index (χ1) is 17.0. The Labute approximate surface area is 204 Å². The molecule has 0 aliphatic heterocycles. The molecule has 0 aliphatic rings. The van der Waals surface area contributed by atoms with Crippen LogP contribution in [0.1, 0.15) is 21.8 Å². The first-order valence-electron chi connectivity index (χ1n) is 10.3. The molecule has 4 aromatic rings. The predicted molar refractivity (Wildman–Crippen MR) is 131 cm³/mol. The van der Waals surface area contributed by atoms with Gasteiger partial charge in [0.15, 0.2) is 5.04 Å². The van der Waals surface area contributed by atoms with Gasteiger partial charge in [0.25, 0.3) is 10.9 Å². The van der Waals surface area contributed by atoms with Crippen LogP contribution >= 0.6 is 11.8 Å². The van der Waals surface area contributed by atoms with Crippen molar-refractivity contribution in [2.75, 3.05) is 12.5 Å². The number of carbonyl (C=O) groups is 1. The zero-order valence-electron chi connectivity index (χ0n) is 18.5. The number of rotatable bonds is 9. The van der Waals surface area contributed by atoms with Crippen LogP contribution < -0.4 is 10.2 Å². The van der Waals surface area contributed by atoms with E-state index in [2.05, 4.69) is 20.7 Å². The van der Waals surface area contributed by atoms with Crippen LogP contribution in [0.5, 0.6) is 5.75 Å². The third kappa shape index (κ3) is 6.30. The Bertz CT molecular complexity index is 1340. The van der Waals surface area contributed by atoms with Gasteiger partial charge in [0, 0.05) is 17.7 Å². The second-order valence-electron chi connectivity index (χ2n) is 7.12. The van der Waals surface area contributed by atoms with Crippen molar-refractivity contribution in [3.63, 3.8) is 0 Å². The number of nitrogens with zero attached hydrogens (tertiary/aromatic N) is 4. The van der Waals surface area contributed by atoms with Crippen LogP contribution in [0, 0.1) is 10.1 Å². The molecule has 1 N–H and O–H groups in total. The van der Waals surface area contributed by atoms with E-state index in [0.717, 1.165) is 23.1 Å². The molecule has 35 heavy (non-hydrogen) atoms. The Kier molecular flexibility index (Phi) is 7.48. The summed E-state index contributed by atoms with van der Waals surface area (Å²) in [4.78, 5) is 23.5. The molecule has 176 valence electrons. The molecule has 1 heterocycles. The van der Waals surface area contributed by atoms with Gasteiger partial charge in [-0.15, -0.1) is 10.2 Å². The number of non-ortho nitro benzene ring substituents is 1. The minimum atomic E-state index is -0.494. The van der Waals surface area contributed by atoms with Gasteiger partial charge in [-0.3, -0.25) is 20.3 Å². The van der Waals surface area contributed by atoms with Gasteiger partial charge in [-0.1, -0.05) is 42.5 Å². The topological polar surface area (TPSA) is 133 Å². The van der Waals surface area contributed by atoms with Crippen LogP contribution in [0.3, 0.4) is 0 Å². The number of hydrogen-bond acceptors (Lipinski definition) is 10. The normalized spacial score (nSPS) is 11.2. The Morgan fingerprint density at radius 1 is 1.06 bits per heavy atom. The smallest absolute Gasteiger partial charge is 0.283 e. The van der Waals surface area contributed by atoms with E-state index in [1.807, 2.05) is 24.3 Å². The molecule has 0 saturated heterocycles. The number of hydrogen-bond donors (Lipinski definition) is 1. The van der Waals surface area contributed by atoms with Gasteiger partial charge in [0.05, 0.1) is 24.1 Å². The van der Waals surface area contributed by atoms with Crippen LogP contribution in [0.25, 0.3) is 0 Å². The summed E-state index contributed by atoms with van der Waals surface area (Å²) in [5.41, 5.74) is 4.57. The number of hydrazone groups is 1. The number of benzene rings is 3. The highest BCUT2D eigenvalue weighted by Gasteiger charge is 2.20. The number of aromatic nitrogens is 2. The first-order valence-corrected chi connectivity index (χ1v) is 11.1. The van der Waals surface area contributed by atoms with Gasteiger partial charge in [-0.05, 0) is 41.6 Å². The van der Waals surface area contributed by atoms with Crippen molar-refractivity contribution in [3.8, 4) is 5.75 Å². The van der Waals surface area contributed by atoms with Gasteiger partial charge in [-0.2, -0.15) is 5.10 Å². The van der Waals surface area contributed by atoms with E-state index < -0.39 is 4.92 Å². The standard InChI is InChI=1S/C24H19N5O5S/c1-33-20-13-7-16(8-14-20)15-21-26-28-24(34-21)35-23(22(30)17-5-3-2-4-6-17)27-25-18-9-11-19(12-10-18)29(31)32/h2-14,25H,15H2,1H3/b27-23+. The molecule has 3 aromatic carbocycles. The van der Waals surface area contributed by atoms with E-state index in [1.165, 1.54) is 24.3 Å². The third-order valence-electron chi connectivity index (χ3n) is 4.74. The lowest BCUT2D eigenvalue weighted by atomic mass is 10.1. The minimum Gasteiger partial charge on any atom is -0.497 e. The van der Waals surface area contributed by atoms with E-state index in [4.69, 9.17) is 9.15 Å². The van der Waals surface area contributed by atoms with Gasteiger partial charge in [0.1, 0.15) is 5.75 Å². The molecule has 10 nitrogen and oxygen atoms in total. The quantitative estimate of drug-likeness (QED) is 0.0863. The number of Topliss-reactive ketones (excluding diaryl/α,β-unsaturated/α-hetero) is 1. The maximum Gasteiger partial charge on any atom is 0.283 e. The lowest BCUT2D eigenvalue weighted by Crippen LogP contribution is -2.13. The van der Waals surface area contributed by atoms with Crippen molar-refractivity contribution in [1.82, 2.24) is 10.2 Å². The van der Waals surface area contributed by atoms with Crippen molar-refractivity contribution >= 4 is 34.0 Å². The van der Waals surface area contributed by atoms with E-state index in [9.17, 15) is 14.9 Å². The summed E-state index contributed by atoms with van der Waals surface area (Å²) in [7, 11) is 1.60. The van der Waals surface area contributed by atoms with Crippen molar-refractivity contribution in [2.24, 2.45) is 5.10 Å². The number of nitro groups is 1. The van der Waals surface area contributed by atoms with Crippen LogP contribution in [0.4, 0.5) is 11.4 Å². The maximum atomic E-state index is 13.1. The molecule has 4 rings (SSSR count). The summed E-state index contributed by atoms with van der Waals surface area (Å²) in [6.07, 6.45) is 0.414. The molecule has 0 fully saturated rings. The third-order valence-corrected chi connectivity index (χ3v) is 5.55. The fraction of sp³-hybridized carbons (Fsp3) is 0.0833. The van der Waals surface area contributed by atoms with Gasteiger partial charge >= 0.3 is 0 Å². The molecule has 0 radical (unpaired) electrons. The fourth-order valence-corrected chi connectivity index (χ4v) is 3.64. The number of carbonyl (C=O) groups excluding carboxylic acids is 1. The summed E-state index contributed by atoms with van der Waals surface area (Å²) < 4.78 is 10.9. The number of anilines is 1. The van der Waals surface area contributed by atoms with Gasteiger partial charge in [-0.25, -0.2) is 0 Å². The zero-order valence-corrected chi connectivity index (χ0v) is 19.3. The molecule has 11 heteroatoms. The predicted octanol–water partition coefficient (Wildman–Crippen LogP) is 4.98.